The van der Waals surface area contributed by atoms with Crippen molar-refractivity contribution in [2.24, 2.45) is 0 Å². The molecule has 5 heteroatoms. The number of carbonyl (C=O) groups is 1. The van der Waals surface area contributed by atoms with E-state index in [4.69, 9.17) is 0 Å². The maximum Gasteiger partial charge on any atom is 0.258 e. The van der Waals surface area contributed by atoms with E-state index in [2.05, 4.69) is 49.0 Å². The molecular formula is C22H27N3O2. The summed E-state index contributed by atoms with van der Waals surface area (Å²) in [5, 5.41) is 9.66. The van der Waals surface area contributed by atoms with Crippen molar-refractivity contribution < 1.29 is 9.90 Å². The predicted octanol–water partition coefficient (Wildman–Crippen LogP) is 3.04. The third-order valence-corrected chi connectivity index (χ3v) is 5.90. The average Bonchev–Trinajstić information content (AvgIpc) is 3.13. The van der Waals surface area contributed by atoms with Crippen molar-refractivity contribution in [2.75, 3.05) is 43.5 Å². The topological polar surface area (TPSA) is 47.0 Å². The predicted molar refractivity (Wildman–Crippen MR) is 109 cm³/mol. The molecule has 1 amide bonds. The maximum atomic E-state index is 13.0. The highest BCUT2D eigenvalue weighted by atomic mass is 16.3. The van der Waals surface area contributed by atoms with E-state index in [1.807, 2.05) is 4.90 Å². The third-order valence-electron chi connectivity index (χ3n) is 5.90. The molecule has 2 aliphatic rings. The molecule has 0 bridgehead atoms. The normalized spacial score (nSPS) is 19.7. The van der Waals surface area contributed by atoms with Gasteiger partial charge in [0, 0.05) is 42.6 Å². The molecule has 0 radical (unpaired) electrons. The molecule has 2 aliphatic heterocycles. The molecule has 2 heterocycles. The molecule has 27 heavy (non-hydrogen) atoms. The van der Waals surface area contributed by atoms with E-state index in [1.165, 1.54) is 12.1 Å². The Morgan fingerprint density at radius 2 is 1.93 bits per heavy atom. The summed E-state index contributed by atoms with van der Waals surface area (Å²) in [7, 11) is 4.28. The van der Waals surface area contributed by atoms with Gasteiger partial charge < -0.3 is 19.8 Å². The second-order valence-electron chi connectivity index (χ2n) is 7.87. The van der Waals surface area contributed by atoms with Crippen molar-refractivity contribution in [1.29, 1.82) is 0 Å². The van der Waals surface area contributed by atoms with Crippen LogP contribution < -0.4 is 9.80 Å². The summed E-state index contributed by atoms with van der Waals surface area (Å²) in [5.74, 6) is 0.234. The second-order valence-corrected chi connectivity index (χ2v) is 7.87. The number of carbonyl (C=O) groups excluding carboxylic acids is 1. The monoisotopic (exact) mass is 365 g/mol. The van der Waals surface area contributed by atoms with Crippen LogP contribution in [0.5, 0.6) is 5.75 Å². The third kappa shape index (κ3) is 3.28. The van der Waals surface area contributed by atoms with E-state index in [0.29, 0.717) is 18.2 Å². The molecule has 1 saturated heterocycles. The van der Waals surface area contributed by atoms with Crippen LogP contribution >= 0.6 is 0 Å². The number of nitrogens with zero attached hydrogens (tertiary/aromatic N) is 3. The van der Waals surface area contributed by atoms with Crippen LogP contribution in [0.2, 0.25) is 0 Å². The van der Waals surface area contributed by atoms with Crippen LogP contribution in [0.4, 0.5) is 11.4 Å². The lowest BCUT2D eigenvalue weighted by Crippen LogP contribution is -2.38. The number of hydrogen-bond donors (Lipinski definition) is 1. The first-order valence-corrected chi connectivity index (χ1v) is 9.60. The van der Waals surface area contributed by atoms with Crippen LogP contribution in [0.3, 0.4) is 0 Å². The summed E-state index contributed by atoms with van der Waals surface area (Å²) >= 11 is 0. The summed E-state index contributed by atoms with van der Waals surface area (Å²) in [5.41, 5.74) is 4.95. The SMILES string of the molecule is Cc1cc(N2CCC(N(C)C)C2)ccc1N1CCc2cc(O)ccc2C1=O. The Kier molecular flexibility index (Phi) is 4.56. The Morgan fingerprint density at radius 1 is 1.11 bits per heavy atom. The number of rotatable bonds is 3. The largest absolute Gasteiger partial charge is 0.508 e. The van der Waals surface area contributed by atoms with Gasteiger partial charge in [0.25, 0.3) is 5.91 Å². The van der Waals surface area contributed by atoms with Crippen LogP contribution in [-0.2, 0) is 6.42 Å². The lowest BCUT2D eigenvalue weighted by Gasteiger charge is -2.30. The molecule has 1 N–H and O–H groups in total. The van der Waals surface area contributed by atoms with E-state index in [9.17, 15) is 9.90 Å². The van der Waals surface area contributed by atoms with E-state index in [-0.39, 0.29) is 11.7 Å². The molecule has 0 aromatic heterocycles. The van der Waals surface area contributed by atoms with E-state index >= 15 is 0 Å². The Bertz CT molecular complexity index is 878. The van der Waals surface area contributed by atoms with Gasteiger partial charge in [0.15, 0.2) is 0 Å². The fourth-order valence-electron chi connectivity index (χ4n) is 4.24. The van der Waals surface area contributed by atoms with Gasteiger partial charge in [0.1, 0.15) is 5.75 Å². The number of aryl methyl sites for hydroxylation is 1. The fraction of sp³-hybridized carbons (Fsp3) is 0.409. The average molecular weight is 365 g/mol. The molecule has 1 fully saturated rings. The molecule has 5 nitrogen and oxygen atoms in total. The summed E-state index contributed by atoms with van der Waals surface area (Å²) in [6.45, 7) is 4.84. The molecule has 0 spiro atoms. The standard InChI is InChI=1S/C22H27N3O2/c1-15-12-17(24-10-9-18(14-24)23(2)3)4-7-21(15)25-11-8-16-13-19(26)5-6-20(16)22(25)27/h4-7,12-13,18,26H,8-11,14H2,1-3H3. The quantitative estimate of drug-likeness (QED) is 0.908. The molecule has 2 aromatic carbocycles. The first-order valence-electron chi connectivity index (χ1n) is 9.60. The number of hydrogen-bond acceptors (Lipinski definition) is 4. The number of likely N-dealkylation sites (N-methyl/N-ethyl adjacent to an activating group) is 1. The second kappa shape index (κ2) is 6.89. The van der Waals surface area contributed by atoms with Crippen molar-refractivity contribution in [3.8, 4) is 5.75 Å². The first kappa shape index (κ1) is 17.9. The minimum absolute atomic E-state index is 0.0148. The van der Waals surface area contributed by atoms with Gasteiger partial charge in [-0.3, -0.25) is 4.79 Å². The number of aromatic hydroxyl groups is 1. The number of amides is 1. The molecule has 4 rings (SSSR count). The summed E-state index contributed by atoms with van der Waals surface area (Å²) in [4.78, 5) is 19.6. The highest BCUT2D eigenvalue weighted by molar-refractivity contribution is 6.08. The van der Waals surface area contributed by atoms with Gasteiger partial charge in [-0.25, -0.2) is 0 Å². The number of benzene rings is 2. The van der Waals surface area contributed by atoms with Crippen molar-refractivity contribution in [2.45, 2.75) is 25.8 Å². The maximum absolute atomic E-state index is 13.0. The number of fused-ring (bicyclic) bond motifs is 1. The lowest BCUT2D eigenvalue weighted by atomic mass is 9.97. The zero-order valence-corrected chi connectivity index (χ0v) is 16.3. The number of phenolic OH excluding ortho intramolecular Hbond substituents is 1. The van der Waals surface area contributed by atoms with Gasteiger partial charge in [-0.15, -0.1) is 0 Å². The smallest absolute Gasteiger partial charge is 0.258 e. The van der Waals surface area contributed by atoms with Gasteiger partial charge in [0.05, 0.1) is 0 Å². The summed E-state index contributed by atoms with van der Waals surface area (Å²) < 4.78 is 0. The molecular weight excluding hydrogens is 338 g/mol. The number of anilines is 2. The molecule has 142 valence electrons. The molecule has 1 unspecified atom stereocenters. The van der Waals surface area contributed by atoms with Crippen LogP contribution in [0.25, 0.3) is 0 Å². The molecule has 2 aromatic rings. The van der Waals surface area contributed by atoms with Crippen LogP contribution in [-0.4, -0.2) is 55.7 Å². The minimum atomic E-state index is 0.0148. The highest BCUT2D eigenvalue weighted by Crippen LogP contribution is 2.32. The van der Waals surface area contributed by atoms with Crippen molar-refractivity contribution >= 4 is 17.3 Å². The summed E-state index contributed by atoms with van der Waals surface area (Å²) in [6.07, 6.45) is 1.94. The van der Waals surface area contributed by atoms with Crippen LogP contribution in [0.1, 0.15) is 27.9 Å². The van der Waals surface area contributed by atoms with Gasteiger partial charge in [-0.1, -0.05) is 0 Å². The minimum Gasteiger partial charge on any atom is -0.508 e. The van der Waals surface area contributed by atoms with E-state index in [1.54, 1.807) is 18.2 Å². The fourth-order valence-corrected chi connectivity index (χ4v) is 4.24. The molecule has 0 aliphatic carbocycles. The van der Waals surface area contributed by atoms with Gasteiger partial charge >= 0.3 is 0 Å². The Hall–Kier alpha value is -2.53. The van der Waals surface area contributed by atoms with E-state index < -0.39 is 0 Å². The van der Waals surface area contributed by atoms with Crippen molar-refractivity contribution in [1.82, 2.24) is 4.90 Å². The van der Waals surface area contributed by atoms with E-state index in [0.717, 1.165) is 36.3 Å². The summed E-state index contributed by atoms with van der Waals surface area (Å²) in [6, 6.07) is 12.0. The molecule has 1 atom stereocenters. The zero-order valence-electron chi connectivity index (χ0n) is 16.3. The first-order chi connectivity index (χ1) is 12.9. The highest BCUT2D eigenvalue weighted by Gasteiger charge is 2.28. The van der Waals surface area contributed by atoms with Gasteiger partial charge in [0.2, 0.25) is 0 Å². The van der Waals surface area contributed by atoms with Crippen molar-refractivity contribution in [3.05, 3.63) is 53.1 Å². The Labute approximate surface area is 160 Å². The van der Waals surface area contributed by atoms with Crippen LogP contribution in [0.15, 0.2) is 36.4 Å². The zero-order chi connectivity index (χ0) is 19.1. The Balaban J connectivity index is 1.57. The number of phenols is 1. The Morgan fingerprint density at radius 3 is 2.63 bits per heavy atom. The van der Waals surface area contributed by atoms with Crippen LogP contribution in [0, 0.1) is 6.92 Å². The lowest BCUT2D eigenvalue weighted by molar-refractivity contribution is 0.0980. The molecule has 0 saturated carbocycles. The van der Waals surface area contributed by atoms with Gasteiger partial charge in [-0.05, 0) is 81.4 Å². The van der Waals surface area contributed by atoms with Gasteiger partial charge in [-0.2, -0.15) is 0 Å². The van der Waals surface area contributed by atoms with Crippen molar-refractivity contribution in [3.63, 3.8) is 0 Å².